The predicted molar refractivity (Wildman–Crippen MR) is 50.4 cm³/mol. The Balaban J connectivity index is 2.89. The zero-order chi connectivity index (χ0) is 9.35. The lowest BCUT2D eigenvalue weighted by Crippen LogP contribution is -2.11. The maximum Gasteiger partial charge on any atom is 0.207 e. The molecule has 2 nitrogen and oxygen atoms in total. The van der Waals surface area contributed by atoms with Gasteiger partial charge in [0.1, 0.15) is 0 Å². The Labute approximate surface area is 74.1 Å². The van der Waals surface area contributed by atoms with Gasteiger partial charge in [0.15, 0.2) is 0 Å². The number of hydrogen-bond acceptors (Lipinski definition) is 2. The van der Waals surface area contributed by atoms with Gasteiger partial charge in [-0.05, 0) is 5.92 Å². The fourth-order valence-electron chi connectivity index (χ4n) is 1.75. The van der Waals surface area contributed by atoms with Crippen LogP contribution in [0.15, 0.2) is 0 Å². The molecule has 0 spiro atoms. The van der Waals surface area contributed by atoms with Crippen molar-refractivity contribution in [2.24, 2.45) is 11.8 Å². The maximum absolute atomic E-state index is 12.0. The Morgan fingerprint density at radius 1 is 1.58 bits per heavy atom. The van der Waals surface area contributed by atoms with Gasteiger partial charge in [0.05, 0.1) is 0 Å². The lowest BCUT2D eigenvalue weighted by Gasteiger charge is -2.16. The van der Waals surface area contributed by atoms with E-state index < -0.39 is 7.37 Å². The molecule has 0 N–H and O–H groups in total. The van der Waals surface area contributed by atoms with E-state index in [4.69, 9.17) is 10.9 Å². The van der Waals surface area contributed by atoms with E-state index >= 15 is 0 Å². The summed E-state index contributed by atoms with van der Waals surface area (Å²) in [5.74, 6) is 3.13. The van der Waals surface area contributed by atoms with E-state index in [0.717, 1.165) is 0 Å². The first-order valence-electron chi connectivity index (χ1n) is 4.15. The van der Waals surface area contributed by atoms with Crippen LogP contribution in [-0.4, -0.2) is 18.9 Å². The molecule has 0 aromatic heterocycles. The lowest BCUT2D eigenvalue weighted by molar-refractivity contribution is 0.387. The summed E-state index contributed by atoms with van der Waals surface area (Å²) in [4.78, 5) is 0. The van der Waals surface area contributed by atoms with Crippen LogP contribution in [0, 0.1) is 24.2 Å². The molecule has 0 aromatic carbocycles. The summed E-state index contributed by atoms with van der Waals surface area (Å²) >= 11 is 0. The monoisotopic (exact) mass is 186 g/mol. The molecule has 1 fully saturated rings. The minimum absolute atomic E-state index is 0.114. The molecule has 0 aliphatic carbocycles. The van der Waals surface area contributed by atoms with Crippen LogP contribution in [0.4, 0.5) is 0 Å². The molecular weight excluding hydrogens is 171 g/mol. The normalized spacial score (nSPS) is 47.3. The molecule has 4 atom stereocenters. The summed E-state index contributed by atoms with van der Waals surface area (Å²) in [7, 11) is -0.897. The molecule has 3 heteroatoms. The molecule has 1 aliphatic heterocycles. The Hall–Kier alpha value is -0.250. The highest BCUT2D eigenvalue weighted by Gasteiger charge is 2.45. The van der Waals surface area contributed by atoms with Gasteiger partial charge in [-0.15, -0.1) is 12.3 Å². The van der Waals surface area contributed by atoms with Gasteiger partial charge in [0, 0.05) is 24.8 Å². The smallest absolute Gasteiger partial charge is 0.207 e. The highest BCUT2D eigenvalue weighted by atomic mass is 31.2. The molecule has 0 bridgehead atoms. The van der Waals surface area contributed by atoms with Crippen LogP contribution in [0.3, 0.4) is 0 Å². The average molecular weight is 186 g/mol. The first-order valence-corrected chi connectivity index (χ1v) is 6.03. The summed E-state index contributed by atoms with van der Waals surface area (Å²) in [5.41, 5.74) is 0.114. The lowest BCUT2D eigenvalue weighted by atomic mass is 9.95. The van der Waals surface area contributed by atoms with E-state index in [1.54, 1.807) is 0 Å². The fourth-order valence-corrected chi connectivity index (χ4v) is 4.47. The summed E-state index contributed by atoms with van der Waals surface area (Å²) in [6.45, 7) is 4.01. The Bertz CT molecular complexity index is 254. The van der Waals surface area contributed by atoms with E-state index in [1.165, 1.54) is 7.11 Å². The second kappa shape index (κ2) is 3.24. The molecule has 0 amide bonds. The number of terminal acetylenes is 1. The van der Waals surface area contributed by atoms with Gasteiger partial charge >= 0.3 is 0 Å². The van der Waals surface area contributed by atoms with Crippen molar-refractivity contribution in [3.63, 3.8) is 0 Å². The number of hydrogen-bond donors (Lipinski definition) is 0. The molecule has 1 aliphatic rings. The van der Waals surface area contributed by atoms with Crippen molar-refractivity contribution in [2.75, 3.05) is 13.3 Å². The van der Waals surface area contributed by atoms with Crippen molar-refractivity contribution in [2.45, 2.75) is 19.5 Å². The topological polar surface area (TPSA) is 26.3 Å². The van der Waals surface area contributed by atoms with Crippen molar-refractivity contribution in [3.05, 3.63) is 0 Å². The zero-order valence-corrected chi connectivity index (χ0v) is 8.67. The van der Waals surface area contributed by atoms with E-state index in [2.05, 4.69) is 5.92 Å². The summed E-state index contributed by atoms with van der Waals surface area (Å²) in [5, 5.41) is 0. The van der Waals surface area contributed by atoms with Crippen LogP contribution < -0.4 is 0 Å². The zero-order valence-electron chi connectivity index (χ0n) is 7.78. The Morgan fingerprint density at radius 3 is 2.42 bits per heavy atom. The van der Waals surface area contributed by atoms with Gasteiger partial charge in [0.25, 0.3) is 0 Å². The van der Waals surface area contributed by atoms with Crippen LogP contribution in [0.5, 0.6) is 0 Å². The van der Waals surface area contributed by atoms with Crippen LogP contribution in [0.25, 0.3) is 0 Å². The predicted octanol–water partition coefficient (Wildman–Crippen LogP) is 2.20. The molecule has 0 radical (unpaired) electrons. The second-order valence-corrected chi connectivity index (χ2v) is 6.46. The molecule has 0 aromatic rings. The van der Waals surface area contributed by atoms with Crippen LogP contribution in [0.2, 0.25) is 0 Å². The molecule has 12 heavy (non-hydrogen) atoms. The van der Waals surface area contributed by atoms with Gasteiger partial charge in [-0.1, -0.05) is 13.8 Å². The van der Waals surface area contributed by atoms with Gasteiger partial charge < -0.3 is 4.52 Å². The summed E-state index contributed by atoms with van der Waals surface area (Å²) < 4.78 is 17.0. The number of rotatable bonds is 1. The van der Waals surface area contributed by atoms with Gasteiger partial charge in [-0.2, -0.15) is 0 Å². The van der Waals surface area contributed by atoms with E-state index in [-0.39, 0.29) is 11.6 Å². The SMILES string of the molecule is C#CC1CP(=O)(OC)C(C)C1C. The first-order chi connectivity index (χ1) is 5.55. The van der Waals surface area contributed by atoms with E-state index in [0.29, 0.717) is 12.1 Å². The maximum atomic E-state index is 12.0. The first kappa shape index (κ1) is 9.84. The van der Waals surface area contributed by atoms with Crippen LogP contribution >= 0.6 is 7.37 Å². The largest absolute Gasteiger partial charge is 0.332 e. The standard InChI is InChI=1S/C9H15O2P/c1-5-9-6-12(10,11-4)8(3)7(9)2/h1,7-9H,6H2,2-4H3. The van der Waals surface area contributed by atoms with Gasteiger partial charge in [0.2, 0.25) is 7.37 Å². The van der Waals surface area contributed by atoms with Crippen molar-refractivity contribution in [1.82, 2.24) is 0 Å². The summed E-state index contributed by atoms with van der Waals surface area (Å²) in [6, 6.07) is 0. The highest BCUT2D eigenvalue weighted by Crippen LogP contribution is 2.61. The van der Waals surface area contributed by atoms with Gasteiger partial charge in [-0.3, -0.25) is 4.57 Å². The Morgan fingerprint density at radius 2 is 2.17 bits per heavy atom. The Kier molecular flexibility index (Phi) is 2.66. The van der Waals surface area contributed by atoms with E-state index in [9.17, 15) is 4.57 Å². The molecule has 1 rings (SSSR count). The van der Waals surface area contributed by atoms with Crippen molar-refractivity contribution >= 4 is 7.37 Å². The molecular formula is C9H15O2P. The second-order valence-electron chi connectivity index (χ2n) is 3.46. The van der Waals surface area contributed by atoms with Crippen molar-refractivity contribution in [1.29, 1.82) is 0 Å². The van der Waals surface area contributed by atoms with Crippen LogP contribution in [0.1, 0.15) is 13.8 Å². The molecule has 1 saturated heterocycles. The van der Waals surface area contributed by atoms with Crippen LogP contribution in [-0.2, 0) is 9.09 Å². The highest BCUT2D eigenvalue weighted by molar-refractivity contribution is 7.60. The third-order valence-corrected chi connectivity index (χ3v) is 6.22. The fraction of sp³-hybridized carbons (Fsp3) is 0.778. The molecule has 1 heterocycles. The van der Waals surface area contributed by atoms with Gasteiger partial charge in [-0.25, -0.2) is 0 Å². The quantitative estimate of drug-likeness (QED) is 0.463. The molecule has 0 saturated carbocycles. The molecule has 68 valence electrons. The average Bonchev–Trinajstić information content (AvgIpc) is 2.31. The van der Waals surface area contributed by atoms with E-state index in [1.807, 2.05) is 13.8 Å². The summed E-state index contributed by atoms with van der Waals surface area (Å²) in [6.07, 6.45) is 5.89. The molecule has 4 unspecified atom stereocenters. The third kappa shape index (κ3) is 1.32. The van der Waals surface area contributed by atoms with Crippen molar-refractivity contribution in [3.8, 4) is 12.3 Å². The third-order valence-electron chi connectivity index (χ3n) is 2.99. The minimum atomic E-state index is -2.41. The minimum Gasteiger partial charge on any atom is -0.332 e. The van der Waals surface area contributed by atoms with Crippen molar-refractivity contribution < 1.29 is 9.09 Å².